The predicted octanol–water partition coefficient (Wildman–Crippen LogP) is 3.38. The molecule has 0 saturated heterocycles. The summed E-state index contributed by atoms with van der Waals surface area (Å²) in [4.78, 5) is 40.3. The molecule has 3 amide bonds. The highest BCUT2D eigenvalue weighted by Gasteiger charge is 2.30. The second kappa shape index (κ2) is 15.0. The molecule has 4 rings (SSSR count). The number of carbonyl (C=O) groups is 3. The lowest BCUT2D eigenvalue weighted by molar-refractivity contribution is -0.133. The standard InChI is InChI=1S/C35H39N3O6/c1-22(2)33(35(44)36-27(21-39)18-23-10-14-28(40)15-11-23)38-34(43)31(19-24-12-16-29(41)17-13-24)37-32(42)20-26-8-5-7-25-6-3-4-9-30(25)26/h3-17,22,27,31,33,39-41H,18-21H2,1-2H3,(H,36,44)(H,37,42)(H,38,43)/t27-,31-,33-/m0/s1. The number of aliphatic hydroxyl groups is 1. The Hall–Kier alpha value is -4.89. The van der Waals surface area contributed by atoms with E-state index in [1.165, 1.54) is 24.3 Å². The van der Waals surface area contributed by atoms with Gasteiger partial charge in [0.05, 0.1) is 19.1 Å². The number of fused-ring (bicyclic) bond motifs is 1. The number of nitrogens with one attached hydrogen (secondary N) is 3. The van der Waals surface area contributed by atoms with Crippen molar-refractivity contribution in [2.75, 3.05) is 6.61 Å². The Kier molecular flexibility index (Phi) is 10.9. The molecule has 0 unspecified atom stereocenters. The van der Waals surface area contributed by atoms with Crippen LogP contribution in [-0.2, 0) is 33.6 Å². The van der Waals surface area contributed by atoms with E-state index in [1.807, 2.05) is 42.5 Å². The van der Waals surface area contributed by atoms with Gasteiger partial charge in [-0.3, -0.25) is 14.4 Å². The van der Waals surface area contributed by atoms with Crippen molar-refractivity contribution in [1.29, 1.82) is 0 Å². The fourth-order valence-electron chi connectivity index (χ4n) is 5.10. The summed E-state index contributed by atoms with van der Waals surface area (Å²) in [6.45, 7) is 3.28. The number of carbonyl (C=O) groups excluding carboxylic acids is 3. The number of rotatable bonds is 13. The van der Waals surface area contributed by atoms with Crippen LogP contribution in [0.4, 0.5) is 0 Å². The van der Waals surface area contributed by atoms with E-state index >= 15 is 0 Å². The van der Waals surface area contributed by atoms with E-state index in [4.69, 9.17) is 0 Å². The van der Waals surface area contributed by atoms with Crippen molar-refractivity contribution in [3.05, 3.63) is 108 Å². The first-order valence-electron chi connectivity index (χ1n) is 14.7. The highest BCUT2D eigenvalue weighted by atomic mass is 16.3. The lowest BCUT2D eigenvalue weighted by Gasteiger charge is -2.27. The summed E-state index contributed by atoms with van der Waals surface area (Å²) in [7, 11) is 0. The third-order valence-corrected chi connectivity index (χ3v) is 7.49. The Balaban J connectivity index is 1.48. The smallest absolute Gasteiger partial charge is 0.243 e. The average Bonchev–Trinajstić information content (AvgIpc) is 3.01. The number of aliphatic hydroxyl groups excluding tert-OH is 1. The zero-order chi connectivity index (χ0) is 31.6. The molecule has 0 radical (unpaired) electrons. The summed E-state index contributed by atoms with van der Waals surface area (Å²) < 4.78 is 0. The van der Waals surface area contributed by atoms with Crippen LogP contribution in [-0.4, -0.2) is 57.8 Å². The van der Waals surface area contributed by atoms with Crippen molar-refractivity contribution in [3.63, 3.8) is 0 Å². The average molecular weight is 598 g/mol. The molecule has 9 heteroatoms. The third-order valence-electron chi connectivity index (χ3n) is 7.49. The van der Waals surface area contributed by atoms with E-state index in [-0.39, 0.29) is 42.8 Å². The van der Waals surface area contributed by atoms with Crippen LogP contribution in [0.1, 0.15) is 30.5 Å². The van der Waals surface area contributed by atoms with Crippen molar-refractivity contribution >= 4 is 28.5 Å². The van der Waals surface area contributed by atoms with Gasteiger partial charge in [-0.15, -0.1) is 0 Å². The van der Waals surface area contributed by atoms with Crippen LogP contribution in [0.3, 0.4) is 0 Å². The highest BCUT2D eigenvalue weighted by molar-refractivity contribution is 5.94. The molecule has 4 aromatic rings. The molecule has 4 aromatic carbocycles. The number of benzene rings is 4. The Bertz CT molecular complexity index is 1560. The number of hydrogen-bond donors (Lipinski definition) is 6. The molecule has 6 N–H and O–H groups in total. The van der Waals surface area contributed by atoms with E-state index in [1.54, 1.807) is 38.1 Å². The molecule has 0 saturated carbocycles. The quantitative estimate of drug-likeness (QED) is 0.139. The van der Waals surface area contributed by atoms with Crippen LogP contribution < -0.4 is 16.0 Å². The highest BCUT2D eigenvalue weighted by Crippen LogP contribution is 2.19. The summed E-state index contributed by atoms with van der Waals surface area (Å²) in [5.74, 6) is -1.44. The SMILES string of the molecule is CC(C)[C@H](NC(=O)[C@H](Cc1ccc(O)cc1)NC(=O)Cc1cccc2ccccc12)C(=O)N[C@H](CO)Cc1ccc(O)cc1. The molecule has 44 heavy (non-hydrogen) atoms. The molecular weight excluding hydrogens is 558 g/mol. The summed E-state index contributed by atoms with van der Waals surface area (Å²) in [6, 6.07) is 23.8. The van der Waals surface area contributed by atoms with Gasteiger partial charge in [-0.1, -0.05) is 80.6 Å². The zero-order valence-corrected chi connectivity index (χ0v) is 24.9. The lowest BCUT2D eigenvalue weighted by atomic mass is 9.99. The number of hydrogen-bond acceptors (Lipinski definition) is 6. The van der Waals surface area contributed by atoms with Crippen LogP contribution >= 0.6 is 0 Å². The summed E-state index contributed by atoms with van der Waals surface area (Å²) in [6.07, 6.45) is 0.527. The van der Waals surface area contributed by atoms with Crippen molar-refractivity contribution in [3.8, 4) is 11.5 Å². The Morgan fingerprint density at radius 2 is 1.27 bits per heavy atom. The maximum Gasteiger partial charge on any atom is 0.243 e. The van der Waals surface area contributed by atoms with E-state index in [2.05, 4.69) is 16.0 Å². The lowest BCUT2D eigenvalue weighted by Crippen LogP contribution is -2.57. The minimum atomic E-state index is -0.998. The number of phenols is 2. The predicted molar refractivity (Wildman–Crippen MR) is 169 cm³/mol. The first-order valence-corrected chi connectivity index (χ1v) is 14.7. The van der Waals surface area contributed by atoms with Gasteiger partial charge in [0.25, 0.3) is 0 Å². The van der Waals surface area contributed by atoms with E-state index in [9.17, 15) is 29.7 Å². The molecule has 0 aliphatic rings. The molecule has 3 atom stereocenters. The summed E-state index contributed by atoms with van der Waals surface area (Å²) in [5.41, 5.74) is 2.36. The van der Waals surface area contributed by atoms with Gasteiger partial charge in [0.15, 0.2) is 0 Å². The van der Waals surface area contributed by atoms with Gasteiger partial charge < -0.3 is 31.3 Å². The number of aromatic hydroxyl groups is 2. The molecule has 0 fully saturated rings. The van der Waals surface area contributed by atoms with Crippen LogP contribution in [0.5, 0.6) is 11.5 Å². The van der Waals surface area contributed by atoms with Crippen LogP contribution in [0.15, 0.2) is 91.0 Å². The largest absolute Gasteiger partial charge is 0.508 e. The Labute approximate surface area is 256 Å². The molecule has 9 nitrogen and oxygen atoms in total. The maximum atomic E-state index is 13.7. The van der Waals surface area contributed by atoms with Crippen LogP contribution in [0.2, 0.25) is 0 Å². The first-order chi connectivity index (χ1) is 21.1. The van der Waals surface area contributed by atoms with Crippen molar-refractivity contribution in [1.82, 2.24) is 16.0 Å². The minimum Gasteiger partial charge on any atom is -0.508 e. The zero-order valence-electron chi connectivity index (χ0n) is 24.9. The number of amides is 3. The third kappa shape index (κ3) is 8.81. The van der Waals surface area contributed by atoms with Crippen LogP contribution in [0.25, 0.3) is 10.8 Å². The first kappa shape index (κ1) is 32.0. The minimum absolute atomic E-state index is 0.0598. The number of phenolic OH excluding ortho intramolecular Hbond substituents is 2. The van der Waals surface area contributed by atoms with E-state index in [0.717, 1.165) is 21.9 Å². The van der Waals surface area contributed by atoms with Crippen molar-refractivity contribution in [2.45, 2.75) is 51.2 Å². The normalized spacial score (nSPS) is 13.2. The Morgan fingerprint density at radius 1 is 0.682 bits per heavy atom. The molecule has 230 valence electrons. The van der Waals surface area contributed by atoms with Crippen molar-refractivity contribution in [2.24, 2.45) is 5.92 Å². The Morgan fingerprint density at radius 3 is 1.89 bits per heavy atom. The fraction of sp³-hybridized carbons (Fsp3) is 0.286. The van der Waals surface area contributed by atoms with E-state index < -0.39 is 29.9 Å². The fourth-order valence-corrected chi connectivity index (χ4v) is 5.10. The molecule has 0 spiro atoms. The van der Waals surface area contributed by atoms with Gasteiger partial charge in [-0.25, -0.2) is 0 Å². The second-order valence-electron chi connectivity index (χ2n) is 11.3. The van der Waals surface area contributed by atoms with Gasteiger partial charge in [0.1, 0.15) is 23.6 Å². The molecule has 0 aliphatic heterocycles. The van der Waals surface area contributed by atoms with Gasteiger partial charge in [0.2, 0.25) is 17.7 Å². The van der Waals surface area contributed by atoms with Gasteiger partial charge >= 0.3 is 0 Å². The summed E-state index contributed by atoms with van der Waals surface area (Å²) in [5, 5.41) is 39.6. The molecule has 0 bridgehead atoms. The maximum absolute atomic E-state index is 13.7. The molecular formula is C35H39N3O6. The second-order valence-corrected chi connectivity index (χ2v) is 11.3. The van der Waals surface area contributed by atoms with E-state index in [0.29, 0.717) is 12.0 Å². The summed E-state index contributed by atoms with van der Waals surface area (Å²) >= 11 is 0. The van der Waals surface area contributed by atoms with Gasteiger partial charge in [0, 0.05) is 6.42 Å². The topological polar surface area (TPSA) is 148 Å². The van der Waals surface area contributed by atoms with Gasteiger partial charge in [-0.2, -0.15) is 0 Å². The van der Waals surface area contributed by atoms with Crippen LogP contribution in [0, 0.1) is 5.92 Å². The monoisotopic (exact) mass is 597 g/mol. The van der Waals surface area contributed by atoms with Gasteiger partial charge in [-0.05, 0) is 64.1 Å². The molecule has 0 aliphatic carbocycles. The van der Waals surface area contributed by atoms with Crippen molar-refractivity contribution < 1.29 is 29.7 Å². The molecule has 0 heterocycles. The molecule has 0 aromatic heterocycles.